The summed E-state index contributed by atoms with van der Waals surface area (Å²) < 4.78 is 2.61. The number of carboxylic acids is 1. The van der Waals surface area contributed by atoms with Gasteiger partial charge >= 0.3 is 5.97 Å². The first-order chi connectivity index (χ1) is 11.6. The molecule has 3 aromatic rings. The summed E-state index contributed by atoms with van der Waals surface area (Å²) in [5.74, 6) is -0.731. The third-order valence-corrected chi connectivity index (χ3v) is 4.72. The number of fused-ring (bicyclic) bond motifs is 1. The van der Waals surface area contributed by atoms with Crippen molar-refractivity contribution in [1.29, 1.82) is 0 Å². The number of carbonyl (C=O) groups is 1. The predicted molar refractivity (Wildman–Crippen MR) is 93.1 cm³/mol. The molecule has 3 heterocycles. The topological polar surface area (TPSA) is 80.9 Å². The van der Waals surface area contributed by atoms with Crippen LogP contribution in [0, 0.1) is 0 Å². The highest BCUT2D eigenvalue weighted by Gasteiger charge is 2.33. The molecule has 0 unspecified atom stereocenters. The van der Waals surface area contributed by atoms with E-state index in [0.29, 0.717) is 17.8 Å². The number of hydrogen-bond donors (Lipinski definition) is 1. The van der Waals surface area contributed by atoms with Crippen molar-refractivity contribution in [2.75, 3.05) is 0 Å². The van der Waals surface area contributed by atoms with Gasteiger partial charge in [-0.25, -0.2) is 14.5 Å². The third kappa shape index (κ3) is 2.39. The molecule has 0 spiro atoms. The van der Waals surface area contributed by atoms with Gasteiger partial charge in [0.15, 0.2) is 5.65 Å². The molecule has 4 rings (SSSR count). The molecule has 122 valence electrons. The van der Waals surface area contributed by atoms with Crippen molar-refractivity contribution >= 4 is 32.9 Å². The van der Waals surface area contributed by atoms with Gasteiger partial charge in [0.1, 0.15) is 0 Å². The lowest BCUT2D eigenvalue weighted by atomic mass is 9.95. The second kappa shape index (κ2) is 5.66. The zero-order valence-corrected chi connectivity index (χ0v) is 14.6. The summed E-state index contributed by atoms with van der Waals surface area (Å²) >= 11 is 3.42. The van der Waals surface area contributed by atoms with Crippen LogP contribution in [0.25, 0.3) is 22.2 Å². The SMILES string of the molecule is CCn1ncc2c(-c3cncc(Br)c3)c(C(=O)O)c(C3CC3)nc21. The van der Waals surface area contributed by atoms with Gasteiger partial charge in [0.25, 0.3) is 0 Å². The van der Waals surface area contributed by atoms with Crippen molar-refractivity contribution in [2.24, 2.45) is 0 Å². The average molecular weight is 387 g/mol. The van der Waals surface area contributed by atoms with E-state index in [4.69, 9.17) is 0 Å². The molecule has 3 aromatic heterocycles. The molecule has 1 saturated carbocycles. The van der Waals surface area contributed by atoms with Gasteiger partial charge in [0.2, 0.25) is 0 Å². The molecule has 1 N–H and O–H groups in total. The van der Waals surface area contributed by atoms with Crippen molar-refractivity contribution in [3.8, 4) is 11.1 Å². The maximum Gasteiger partial charge on any atom is 0.338 e. The molecule has 0 radical (unpaired) electrons. The van der Waals surface area contributed by atoms with Crippen LogP contribution in [0.15, 0.2) is 29.1 Å². The number of nitrogens with zero attached hydrogens (tertiary/aromatic N) is 4. The van der Waals surface area contributed by atoms with Crippen LogP contribution >= 0.6 is 15.9 Å². The molecule has 24 heavy (non-hydrogen) atoms. The Labute approximate surface area is 146 Å². The Morgan fingerprint density at radius 2 is 2.17 bits per heavy atom. The van der Waals surface area contributed by atoms with Crippen LogP contribution in [-0.2, 0) is 6.54 Å². The number of pyridine rings is 2. The highest BCUT2D eigenvalue weighted by molar-refractivity contribution is 9.10. The van der Waals surface area contributed by atoms with Crippen molar-refractivity contribution in [3.63, 3.8) is 0 Å². The Kier molecular flexibility index (Phi) is 3.60. The van der Waals surface area contributed by atoms with Gasteiger partial charge in [-0.3, -0.25) is 4.98 Å². The maximum atomic E-state index is 12.1. The molecule has 0 atom stereocenters. The van der Waals surface area contributed by atoms with E-state index in [1.165, 1.54) is 0 Å². The lowest BCUT2D eigenvalue weighted by Crippen LogP contribution is -2.09. The van der Waals surface area contributed by atoms with Crippen LogP contribution in [-0.4, -0.2) is 30.8 Å². The zero-order chi connectivity index (χ0) is 16.8. The number of rotatable bonds is 4. The van der Waals surface area contributed by atoms with E-state index in [9.17, 15) is 9.90 Å². The first-order valence-electron chi connectivity index (χ1n) is 7.83. The van der Waals surface area contributed by atoms with Gasteiger partial charge < -0.3 is 5.11 Å². The van der Waals surface area contributed by atoms with E-state index < -0.39 is 5.97 Å². The molecule has 0 bridgehead atoms. The molecular weight excluding hydrogens is 372 g/mol. The van der Waals surface area contributed by atoms with E-state index in [2.05, 4.69) is 31.0 Å². The first-order valence-corrected chi connectivity index (χ1v) is 8.63. The van der Waals surface area contributed by atoms with E-state index in [-0.39, 0.29) is 11.5 Å². The maximum absolute atomic E-state index is 12.1. The van der Waals surface area contributed by atoms with Crippen molar-refractivity contribution in [2.45, 2.75) is 32.2 Å². The Balaban J connectivity index is 2.13. The minimum atomic E-state index is -0.953. The predicted octanol–water partition coefficient (Wildman–Crippen LogP) is 3.85. The molecule has 1 fully saturated rings. The molecule has 1 aliphatic carbocycles. The number of hydrogen-bond acceptors (Lipinski definition) is 4. The third-order valence-electron chi connectivity index (χ3n) is 4.28. The van der Waals surface area contributed by atoms with Crippen molar-refractivity contribution < 1.29 is 9.90 Å². The van der Waals surface area contributed by atoms with E-state index in [1.807, 2.05) is 17.7 Å². The van der Waals surface area contributed by atoms with Crippen LogP contribution in [0.3, 0.4) is 0 Å². The minimum absolute atomic E-state index is 0.222. The normalized spacial score (nSPS) is 14.2. The van der Waals surface area contributed by atoms with E-state index in [1.54, 1.807) is 18.6 Å². The van der Waals surface area contributed by atoms with E-state index in [0.717, 1.165) is 33.9 Å². The van der Waals surface area contributed by atoms with Gasteiger partial charge in [-0.2, -0.15) is 5.10 Å². The van der Waals surface area contributed by atoms with Crippen LogP contribution in [0.5, 0.6) is 0 Å². The summed E-state index contributed by atoms with van der Waals surface area (Å²) in [5.41, 5.74) is 3.09. The molecule has 0 saturated heterocycles. The number of halogens is 1. The van der Waals surface area contributed by atoms with Gasteiger partial charge in [0, 0.05) is 45.8 Å². The molecule has 6 nitrogen and oxygen atoms in total. The Morgan fingerprint density at radius 3 is 2.79 bits per heavy atom. The minimum Gasteiger partial charge on any atom is -0.478 e. The van der Waals surface area contributed by atoms with Gasteiger partial charge in [-0.1, -0.05) is 0 Å². The summed E-state index contributed by atoms with van der Waals surface area (Å²) in [6.45, 7) is 2.68. The molecule has 0 amide bonds. The summed E-state index contributed by atoms with van der Waals surface area (Å²) in [6.07, 6.45) is 7.03. The molecule has 7 heteroatoms. The van der Waals surface area contributed by atoms with Gasteiger partial charge in [-0.05, 0) is 41.8 Å². The smallest absolute Gasteiger partial charge is 0.338 e. The fourth-order valence-electron chi connectivity index (χ4n) is 3.05. The molecule has 1 aliphatic rings. The average Bonchev–Trinajstić information content (AvgIpc) is 3.33. The van der Waals surface area contributed by atoms with Crippen LogP contribution in [0.4, 0.5) is 0 Å². The van der Waals surface area contributed by atoms with Crippen LogP contribution in [0.1, 0.15) is 41.7 Å². The highest BCUT2D eigenvalue weighted by atomic mass is 79.9. The Hall–Kier alpha value is -2.28. The molecular formula is C17H15BrN4O2. The zero-order valence-electron chi connectivity index (χ0n) is 13.0. The van der Waals surface area contributed by atoms with Gasteiger partial charge in [-0.15, -0.1) is 0 Å². The lowest BCUT2D eigenvalue weighted by Gasteiger charge is -2.13. The van der Waals surface area contributed by atoms with Gasteiger partial charge in [0.05, 0.1) is 17.5 Å². The monoisotopic (exact) mass is 386 g/mol. The van der Waals surface area contributed by atoms with Crippen molar-refractivity contribution in [3.05, 3.63) is 40.4 Å². The summed E-state index contributed by atoms with van der Waals surface area (Å²) in [6, 6.07) is 1.88. The number of aryl methyl sites for hydroxylation is 1. The number of carboxylic acid groups (broad SMARTS) is 1. The summed E-state index contributed by atoms with van der Waals surface area (Å²) in [4.78, 5) is 20.9. The van der Waals surface area contributed by atoms with Crippen LogP contribution in [0.2, 0.25) is 0 Å². The van der Waals surface area contributed by atoms with Crippen LogP contribution < -0.4 is 0 Å². The lowest BCUT2D eigenvalue weighted by molar-refractivity contribution is 0.0696. The van der Waals surface area contributed by atoms with Crippen molar-refractivity contribution in [1.82, 2.24) is 19.7 Å². The largest absolute Gasteiger partial charge is 0.478 e. The first kappa shape index (κ1) is 15.3. The Morgan fingerprint density at radius 1 is 1.38 bits per heavy atom. The molecule has 0 aliphatic heterocycles. The molecule has 0 aromatic carbocycles. The standard InChI is InChI=1S/C17H15BrN4O2/c1-2-22-16-12(8-20-22)13(10-5-11(18)7-19-6-10)14(17(23)24)15(21-16)9-3-4-9/h5-9H,2-4H2,1H3,(H,23,24). The second-order valence-electron chi connectivity index (χ2n) is 5.92. The quantitative estimate of drug-likeness (QED) is 0.736. The highest BCUT2D eigenvalue weighted by Crippen LogP contribution is 2.44. The fraction of sp³-hybridized carbons (Fsp3) is 0.294. The second-order valence-corrected chi connectivity index (χ2v) is 6.83. The fourth-order valence-corrected chi connectivity index (χ4v) is 3.42. The summed E-state index contributed by atoms with van der Waals surface area (Å²) in [7, 11) is 0. The van der Waals surface area contributed by atoms with E-state index >= 15 is 0 Å². The summed E-state index contributed by atoms with van der Waals surface area (Å²) in [5, 5.41) is 15.0. The Bertz CT molecular complexity index is 963. The number of aromatic carboxylic acids is 1. The number of aromatic nitrogens is 4.